The van der Waals surface area contributed by atoms with E-state index < -0.39 is 0 Å². The van der Waals surface area contributed by atoms with Crippen LogP contribution in [0.15, 0.2) is 18.5 Å². The fourth-order valence-electron chi connectivity index (χ4n) is 2.17. The lowest BCUT2D eigenvalue weighted by atomic mass is 9.86. The van der Waals surface area contributed by atoms with Crippen molar-refractivity contribution in [3.8, 4) is 0 Å². The summed E-state index contributed by atoms with van der Waals surface area (Å²) in [6.07, 6.45) is 8.83. The SMILES string of the molecule is NC1CCCC(Cn2cccn2)C1. The van der Waals surface area contributed by atoms with Crippen molar-refractivity contribution in [3.63, 3.8) is 0 Å². The molecule has 0 bridgehead atoms. The maximum Gasteiger partial charge on any atom is 0.0489 e. The highest BCUT2D eigenvalue weighted by Gasteiger charge is 2.19. The molecule has 0 spiro atoms. The monoisotopic (exact) mass is 179 g/mol. The molecule has 1 heterocycles. The molecule has 2 N–H and O–H groups in total. The normalized spacial score (nSPS) is 29.0. The zero-order chi connectivity index (χ0) is 9.10. The van der Waals surface area contributed by atoms with E-state index >= 15 is 0 Å². The number of nitrogens with zero attached hydrogens (tertiary/aromatic N) is 2. The molecule has 0 aromatic carbocycles. The molecule has 1 aliphatic carbocycles. The van der Waals surface area contributed by atoms with Crippen LogP contribution < -0.4 is 5.73 Å². The zero-order valence-corrected chi connectivity index (χ0v) is 7.89. The summed E-state index contributed by atoms with van der Waals surface area (Å²) >= 11 is 0. The molecule has 1 fully saturated rings. The minimum absolute atomic E-state index is 0.425. The van der Waals surface area contributed by atoms with Crippen LogP contribution >= 0.6 is 0 Å². The molecular formula is C10H17N3. The molecule has 1 saturated carbocycles. The average molecular weight is 179 g/mol. The van der Waals surface area contributed by atoms with Crippen molar-refractivity contribution >= 4 is 0 Å². The van der Waals surface area contributed by atoms with E-state index in [9.17, 15) is 0 Å². The fourth-order valence-corrected chi connectivity index (χ4v) is 2.17. The summed E-state index contributed by atoms with van der Waals surface area (Å²) in [6.45, 7) is 1.04. The van der Waals surface area contributed by atoms with Gasteiger partial charge >= 0.3 is 0 Å². The predicted octanol–water partition coefficient (Wildman–Crippen LogP) is 1.40. The van der Waals surface area contributed by atoms with Crippen LogP contribution in [-0.4, -0.2) is 15.8 Å². The second kappa shape index (κ2) is 3.92. The standard InChI is InChI=1S/C10H17N3/c11-10-4-1-3-9(7-10)8-13-6-2-5-12-13/h2,5-6,9-10H,1,3-4,7-8,11H2. The van der Waals surface area contributed by atoms with Gasteiger partial charge in [-0.25, -0.2) is 0 Å². The van der Waals surface area contributed by atoms with E-state index in [1.807, 2.05) is 23.1 Å². The molecular weight excluding hydrogens is 162 g/mol. The predicted molar refractivity (Wildman–Crippen MR) is 52.2 cm³/mol. The molecule has 0 radical (unpaired) electrons. The average Bonchev–Trinajstić information content (AvgIpc) is 2.57. The Hall–Kier alpha value is -0.830. The second-order valence-electron chi connectivity index (χ2n) is 4.02. The molecule has 0 aliphatic heterocycles. The highest BCUT2D eigenvalue weighted by Crippen LogP contribution is 2.24. The molecule has 2 unspecified atom stereocenters. The van der Waals surface area contributed by atoms with Crippen LogP contribution in [0.5, 0.6) is 0 Å². The maximum absolute atomic E-state index is 5.92. The zero-order valence-electron chi connectivity index (χ0n) is 7.89. The molecule has 2 rings (SSSR count). The van der Waals surface area contributed by atoms with E-state index in [-0.39, 0.29) is 0 Å². The van der Waals surface area contributed by atoms with Gasteiger partial charge in [-0.1, -0.05) is 6.42 Å². The van der Waals surface area contributed by atoms with Crippen LogP contribution in [0.25, 0.3) is 0 Å². The Bertz CT molecular complexity index is 243. The molecule has 1 aliphatic rings. The number of aromatic nitrogens is 2. The molecule has 0 amide bonds. The van der Waals surface area contributed by atoms with Crippen LogP contribution in [0.1, 0.15) is 25.7 Å². The van der Waals surface area contributed by atoms with Gasteiger partial charge in [-0.15, -0.1) is 0 Å². The third-order valence-electron chi connectivity index (χ3n) is 2.83. The molecule has 1 aromatic rings. The van der Waals surface area contributed by atoms with Crippen molar-refractivity contribution in [1.82, 2.24) is 9.78 Å². The largest absolute Gasteiger partial charge is 0.328 e. The summed E-state index contributed by atoms with van der Waals surface area (Å²) in [7, 11) is 0. The molecule has 1 aromatic heterocycles. The van der Waals surface area contributed by atoms with Crippen molar-refractivity contribution in [2.45, 2.75) is 38.3 Å². The number of rotatable bonds is 2. The molecule has 72 valence electrons. The Morgan fingerprint density at radius 3 is 3.08 bits per heavy atom. The molecule has 3 nitrogen and oxygen atoms in total. The lowest BCUT2D eigenvalue weighted by Gasteiger charge is -2.26. The fraction of sp³-hybridized carbons (Fsp3) is 0.700. The summed E-state index contributed by atoms with van der Waals surface area (Å²) in [5.41, 5.74) is 5.92. The topological polar surface area (TPSA) is 43.8 Å². The highest BCUT2D eigenvalue weighted by molar-refractivity contribution is 4.80. The summed E-state index contributed by atoms with van der Waals surface area (Å²) in [4.78, 5) is 0. The Balaban J connectivity index is 1.87. The van der Waals surface area contributed by atoms with E-state index in [2.05, 4.69) is 5.10 Å². The van der Waals surface area contributed by atoms with Crippen LogP contribution in [0.2, 0.25) is 0 Å². The van der Waals surface area contributed by atoms with Gasteiger partial charge in [-0.3, -0.25) is 4.68 Å². The van der Waals surface area contributed by atoms with Gasteiger partial charge in [-0.2, -0.15) is 5.10 Å². The van der Waals surface area contributed by atoms with Gasteiger partial charge in [0, 0.05) is 25.0 Å². The van der Waals surface area contributed by atoms with Crippen molar-refractivity contribution in [3.05, 3.63) is 18.5 Å². The van der Waals surface area contributed by atoms with E-state index in [1.54, 1.807) is 0 Å². The maximum atomic E-state index is 5.92. The van der Waals surface area contributed by atoms with Crippen LogP contribution in [-0.2, 0) is 6.54 Å². The first-order valence-electron chi connectivity index (χ1n) is 5.07. The summed E-state index contributed by atoms with van der Waals surface area (Å²) < 4.78 is 2.02. The number of hydrogen-bond donors (Lipinski definition) is 1. The van der Waals surface area contributed by atoms with Crippen molar-refractivity contribution in [2.75, 3.05) is 0 Å². The van der Waals surface area contributed by atoms with Gasteiger partial charge < -0.3 is 5.73 Å². The van der Waals surface area contributed by atoms with E-state index in [1.165, 1.54) is 25.7 Å². The minimum atomic E-state index is 0.425. The van der Waals surface area contributed by atoms with Crippen LogP contribution in [0, 0.1) is 5.92 Å². The summed E-state index contributed by atoms with van der Waals surface area (Å²) in [5.74, 6) is 0.739. The third kappa shape index (κ3) is 2.31. The summed E-state index contributed by atoms with van der Waals surface area (Å²) in [5, 5.41) is 4.21. The quantitative estimate of drug-likeness (QED) is 0.745. The summed E-state index contributed by atoms with van der Waals surface area (Å²) in [6, 6.07) is 2.40. The Labute approximate surface area is 78.9 Å². The Morgan fingerprint density at radius 2 is 2.38 bits per heavy atom. The third-order valence-corrected chi connectivity index (χ3v) is 2.83. The van der Waals surface area contributed by atoms with Crippen LogP contribution in [0.3, 0.4) is 0 Å². The first-order valence-corrected chi connectivity index (χ1v) is 5.07. The molecule has 13 heavy (non-hydrogen) atoms. The smallest absolute Gasteiger partial charge is 0.0489 e. The minimum Gasteiger partial charge on any atom is -0.328 e. The molecule has 0 saturated heterocycles. The van der Waals surface area contributed by atoms with Crippen molar-refractivity contribution in [2.24, 2.45) is 11.7 Å². The van der Waals surface area contributed by atoms with Crippen molar-refractivity contribution in [1.29, 1.82) is 0 Å². The number of hydrogen-bond acceptors (Lipinski definition) is 2. The van der Waals surface area contributed by atoms with Gasteiger partial charge in [-0.05, 0) is 31.2 Å². The Kier molecular flexibility index (Phi) is 2.64. The highest BCUT2D eigenvalue weighted by atomic mass is 15.3. The van der Waals surface area contributed by atoms with E-state index in [0.717, 1.165) is 12.5 Å². The first kappa shape index (κ1) is 8.75. The second-order valence-corrected chi connectivity index (χ2v) is 4.02. The Morgan fingerprint density at radius 1 is 1.46 bits per heavy atom. The lowest BCUT2D eigenvalue weighted by Crippen LogP contribution is -2.29. The van der Waals surface area contributed by atoms with Crippen molar-refractivity contribution < 1.29 is 0 Å². The van der Waals surface area contributed by atoms with Crippen LogP contribution in [0.4, 0.5) is 0 Å². The number of nitrogens with two attached hydrogens (primary N) is 1. The van der Waals surface area contributed by atoms with Gasteiger partial charge in [0.15, 0.2) is 0 Å². The van der Waals surface area contributed by atoms with E-state index in [4.69, 9.17) is 5.73 Å². The van der Waals surface area contributed by atoms with Gasteiger partial charge in [0.1, 0.15) is 0 Å². The van der Waals surface area contributed by atoms with Gasteiger partial charge in [0.2, 0.25) is 0 Å². The van der Waals surface area contributed by atoms with E-state index in [0.29, 0.717) is 6.04 Å². The molecule has 3 heteroatoms. The first-order chi connectivity index (χ1) is 6.34. The lowest BCUT2D eigenvalue weighted by molar-refractivity contribution is 0.282. The van der Waals surface area contributed by atoms with Gasteiger partial charge in [0.25, 0.3) is 0 Å². The van der Waals surface area contributed by atoms with Gasteiger partial charge in [0.05, 0.1) is 0 Å². The molecule has 2 atom stereocenters.